The van der Waals surface area contributed by atoms with E-state index in [1.54, 1.807) is 12.1 Å². The molecule has 1 N–H and O–H groups in total. The molecular formula is C19H23FN2O4S2. The highest BCUT2D eigenvalue weighted by molar-refractivity contribution is 7.93. The van der Waals surface area contributed by atoms with Crippen molar-refractivity contribution in [1.29, 1.82) is 0 Å². The highest BCUT2D eigenvalue weighted by Gasteiger charge is 2.29. The summed E-state index contributed by atoms with van der Waals surface area (Å²) < 4.78 is 66.5. The van der Waals surface area contributed by atoms with Crippen LogP contribution in [0.2, 0.25) is 0 Å². The first kappa shape index (κ1) is 20.8. The van der Waals surface area contributed by atoms with Crippen molar-refractivity contribution in [2.45, 2.75) is 35.6 Å². The number of nitrogens with zero attached hydrogens (tertiary/aromatic N) is 1. The molecule has 0 aromatic heterocycles. The zero-order chi connectivity index (χ0) is 20.5. The summed E-state index contributed by atoms with van der Waals surface area (Å²) in [6, 6.07) is 9.90. The summed E-state index contributed by atoms with van der Waals surface area (Å²) in [7, 11) is -7.75. The fourth-order valence-electron chi connectivity index (χ4n) is 3.42. The maximum absolute atomic E-state index is 14.2. The van der Waals surface area contributed by atoms with Crippen LogP contribution >= 0.6 is 0 Å². The number of sulfone groups is 1. The zero-order valence-corrected chi connectivity index (χ0v) is 17.4. The predicted octanol–water partition coefficient (Wildman–Crippen LogP) is 2.48. The fraction of sp³-hybridized carbons (Fsp3) is 0.368. The summed E-state index contributed by atoms with van der Waals surface area (Å²) in [6.07, 6.45) is 2.25. The third kappa shape index (κ3) is 4.53. The third-order valence-electron chi connectivity index (χ3n) is 4.72. The van der Waals surface area contributed by atoms with Gasteiger partial charge in [0.2, 0.25) is 10.0 Å². The zero-order valence-electron chi connectivity index (χ0n) is 15.7. The van der Waals surface area contributed by atoms with Gasteiger partial charge in [0, 0.05) is 25.4 Å². The lowest BCUT2D eigenvalue weighted by atomic mass is 10.1. The molecule has 0 aliphatic carbocycles. The van der Waals surface area contributed by atoms with Gasteiger partial charge in [0.25, 0.3) is 0 Å². The first-order valence-electron chi connectivity index (χ1n) is 8.90. The molecule has 0 bridgehead atoms. The molecule has 6 nitrogen and oxygen atoms in total. The Bertz CT molecular complexity index is 1080. The summed E-state index contributed by atoms with van der Waals surface area (Å²) in [4.78, 5) is 1.32. The Hall–Kier alpha value is -1.97. The lowest BCUT2D eigenvalue weighted by Crippen LogP contribution is -2.48. The van der Waals surface area contributed by atoms with Crippen molar-refractivity contribution in [3.05, 3.63) is 53.8 Å². The molecule has 1 atom stereocenters. The van der Waals surface area contributed by atoms with Crippen LogP contribution in [0.4, 0.5) is 10.1 Å². The SMILES string of the molecule is Cc1ccc(F)c(N2CCCC(NS(=O)(=O)c3ccccc3S(C)(=O)=O)C2)c1. The molecule has 0 radical (unpaired) electrons. The number of sulfonamides is 1. The molecule has 1 unspecified atom stereocenters. The Labute approximate surface area is 165 Å². The molecule has 9 heteroatoms. The molecule has 152 valence electrons. The second-order valence-corrected chi connectivity index (χ2v) is 10.7. The molecule has 0 spiro atoms. The topological polar surface area (TPSA) is 83.6 Å². The average molecular weight is 427 g/mol. The van der Waals surface area contributed by atoms with E-state index in [0.29, 0.717) is 31.6 Å². The number of anilines is 1. The van der Waals surface area contributed by atoms with E-state index in [1.165, 1.54) is 30.3 Å². The number of nitrogens with one attached hydrogen (secondary N) is 1. The second kappa shape index (κ2) is 7.81. The number of aryl methyl sites for hydroxylation is 1. The van der Waals surface area contributed by atoms with Gasteiger partial charge in [-0.05, 0) is 49.6 Å². The Kier molecular flexibility index (Phi) is 5.79. The van der Waals surface area contributed by atoms with Crippen molar-refractivity contribution in [3.63, 3.8) is 0 Å². The van der Waals surface area contributed by atoms with E-state index in [1.807, 2.05) is 11.8 Å². The van der Waals surface area contributed by atoms with Gasteiger partial charge in [-0.15, -0.1) is 0 Å². The first-order valence-corrected chi connectivity index (χ1v) is 12.3. The monoisotopic (exact) mass is 426 g/mol. The molecule has 1 saturated heterocycles. The maximum Gasteiger partial charge on any atom is 0.242 e. The van der Waals surface area contributed by atoms with E-state index in [9.17, 15) is 21.2 Å². The van der Waals surface area contributed by atoms with Gasteiger partial charge < -0.3 is 4.90 Å². The van der Waals surface area contributed by atoms with Gasteiger partial charge in [0.05, 0.1) is 10.6 Å². The molecule has 1 aliphatic rings. The van der Waals surface area contributed by atoms with Crippen molar-refractivity contribution >= 4 is 25.5 Å². The first-order chi connectivity index (χ1) is 13.1. The van der Waals surface area contributed by atoms with Crippen LogP contribution in [0.15, 0.2) is 52.3 Å². The van der Waals surface area contributed by atoms with Gasteiger partial charge in [-0.1, -0.05) is 18.2 Å². The molecule has 2 aromatic rings. The van der Waals surface area contributed by atoms with Crippen LogP contribution < -0.4 is 9.62 Å². The van der Waals surface area contributed by atoms with E-state index in [0.717, 1.165) is 11.8 Å². The Morgan fingerprint density at radius 1 is 1.07 bits per heavy atom. The van der Waals surface area contributed by atoms with Crippen LogP contribution in [0.3, 0.4) is 0 Å². The summed E-state index contributed by atoms with van der Waals surface area (Å²) >= 11 is 0. The molecular weight excluding hydrogens is 403 g/mol. The maximum atomic E-state index is 14.2. The van der Waals surface area contributed by atoms with Crippen LogP contribution in [0.1, 0.15) is 18.4 Å². The quantitative estimate of drug-likeness (QED) is 0.794. The van der Waals surface area contributed by atoms with Crippen molar-refractivity contribution in [3.8, 4) is 0 Å². The lowest BCUT2D eigenvalue weighted by Gasteiger charge is -2.35. The molecule has 1 fully saturated rings. The minimum Gasteiger partial charge on any atom is -0.368 e. The van der Waals surface area contributed by atoms with E-state index >= 15 is 0 Å². The average Bonchev–Trinajstić information content (AvgIpc) is 2.63. The molecule has 28 heavy (non-hydrogen) atoms. The van der Waals surface area contributed by atoms with Crippen LogP contribution in [0.25, 0.3) is 0 Å². The van der Waals surface area contributed by atoms with Gasteiger partial charge in [-0.25, -0.2) is 25.9 Å². The molecule has 0 amide bonds. The number of benzene rings is 2. The van der Waals surface area contributed by atoms with E-state index < -0.39 is 25.9 Å². The Balaban J connectivity index is 1.85. The van der Waals surface area contributed by atoms with E-state index in [2.05, 4.69) is 4.72 Å². The number of piperidine rings is 1. The van der Waals surface area contributed by atoms with E-state index in [4.69, 9.17) is 0 Å². The van der Waals surface area contributed by atoms with Gasteiger partial charge in [-0.2, -0.15) is 0 Å². The van der Waals surface area contributed by atoms with Crippen LogP contribution in [-0.2, 0) is 19.9 Å². The molecule has 0 saturated carbocycles. The highest BCUT2D eigenvalue weighted by atomic mass is 32.2. The summed E-state index contributed by atoms with van der Waals surface area (Å²) in [5.74, 6) is -0.350. The summed E-state index contributed by atoms with van der Waals surface area (Å²) in [5, 5.41) is 0. The molecule has 3 rings (SSSR count). The largest absolute Gasteiger partial charge is 0.368 e. The highest BCUT2D eigenvalue weighted by Crippen LogP contribution is 2.26. The second-order valence-electron chi connectivity index (χ2n) is 7.08. The van der Waals surface area contributed by atoms with Crippen molar-refractivity contribution in [2.24, 2.45) is 0 Å². The van der Waals surface area contributed by atoms with Crippen molar-refractivity contribution < 1.29 is 21.2 Å². The van der Waals surface area contributed by atoms with Gasteiger partial charge in [0.15, 0.2) is 9.84 Å². The van der Waals surface area contributed by atoms with Crippen molar-refractivity contribution in [2.75, 3.05) is 24.2 Å². The molecule has 1 heterocycles. The van der Waals surface area contributed by atoms with Crippen molar-refractivity contribution in [1.82, 2.24) is 4.72 Å². The van der Waals surface area contributed by atoms with E-state index in [-0.39, 0.29) is 15.6 Å². The van der Waals surface area contributed by atoms with Crippen LogP contribution in [0.5, 0.6) is 0 Å². The lowest BCUT2D eigenvalue weighted by molar-refractivity contribution is 0.461. The molecule has 2 aromatic carbocycles. The molecule has 1 aliphatic heterocycles. The Morgan fingerprint density at radius 2 is 1.75 bits per heavy atom. The number of halogens is 1. The standard InChI is InChI=1S/C19H23FN2O4S2/c1-14-9-10-16(20)17(12-14)22-11-5-6-15(13-22)21-28(25,26)19-8-4-3-7-18(19)27(2,23)24/h3-4,7-10,12,15,21H,5-6,11,13H2,1-2H3. The normalized spacial score (nSPS) is 18.2. The number of rotatable bonds is 5. The van der Waals surface area contributed by atoms with Gasteiger partial charge >= 0.3 is 0 Å². The smallest absolute Gasteiger partial charge is 0.242 e. The summed E-state index contributed by atoms with van der Waals surface area (Å²) in [5.41, 5.74) is 1.36. The minimum atomic E-state index is -4.05. The number of hydrogen-bond acceptors (Lipinski definition) is 5. The van der Waals surface area contributed by atoms with Crippen LogP contribution in [-0.4, -0.2) is 42.2 Å². The minimum absolute atomic E-state index is 0.236. The predicted molar refractivity (Wildman–Crippen MR) is 106 cm³/mol. The van der Waals surface area contributed by atoms with Crippen LogP contribution in [0, 0.1) is 12.7 Å². The summed E-state index contributed by atoms with van der Waals surface area (Å²) in [6.45, 7) is 2.80. The number of hydrogen-bond donors (Lipinski definition) is 1. The Morgan fingerprint density at radius 3 is 2.43 bits per heavy atom. The fourth-order valence-corrected chi connectivity index (χ4v) is 6.31. The third-order valence-corrected chi connectivity index (χ3v) is 7.59. The van der Waals surface area contributed by atoms with Gasteiger partial charge in [0.1, 0.15) is 10.7 Å². The van der Waals surface area contributed by atoms with Gasteiger partial charge in [-0.3, -0.25) is 0 Å².